The molecule has 2 atom stereocenters. The molecule has 2 aromatic carbocycles. The van der Waals surface area contributed by atoms with E-state index in [1.54, 1.807) is 0 Å². The lowest BCUT2D eigenvalue weighted by Crippen LogP contribution is -2.31. The predicted octanol–water partition coefficient (Wildman–Crippen LogP) is 5.71. The molecule has 1 fully saturated rings. The first-order chi connectivity index (χ1) is 17.7. The highest BCUT2D eigenvalue weighted by Gasteiger charge is 2.37. The number of terminal acetylenes is 1. The summed E-state index contributed by atoms with van der Waals surface area (Å²) in [7, 11) is 0. The molecule has 5 nitrogen and oxygen atoms in total. The van der Waals surface area contributed by atoms with Gasteiger partial charge in [0.15, 0.2) is 0 Å². The maximum Gasteiger partial charge on any atom is 0.125 e. The zero-order valence-electron chi connectivity index (χ0n) is 23.2. The molecule has 0 aliphatic heterocycles. The number of ether oxygens (including phenoxy) is 3. The van der Waals surface area contributed by atoms with E-state index in [1.807, 2.05) is 6.92 Å². The minimum atomic E-state index is -0.735. The number of aryl methyl sites for hydroxylation is 4. The summed E-state index contributed by atoms with van der Waals surface area (Å²) in [5.41, 5.74) is 6.94. The van der Waals surface area contributed by atoms with Crippen LogP contribution in [0.2, 0.25) is 0 Å². The van der Waals surface area contributed by atoms with Crippen LogP contribution in [0, 0.1) is 40.0 Å². The third kappa shape index (κ3) is 7.08. The molecule has 0 bridgehead atoms. The Kier molecular flexibility index (Phi) is 10.5. The first-order valence-corrected chi connectivity index (χ1v) is 13.6. The van der Waals surface area contributed by atoms with Crippen LogP contribution in [0.15, 0.2) is 24.3 Å². The van der Waals surface area contributed by atoms with E-state index in [9.17, 15) is 10.2 Å². The molecule has 0 radical (unpaired) electrons. The van der Waals surface area contributed by atoms with E-state index in [1.165, 1.54) is 30.4 Å². The van der Waals surface area contributed by atoms with E-state index >= 15 is 0 Å². The number of hydrogen-bond donors (Lipinski definition) is 2. The lowest BCUT2D eigenvalue weighted by molar-refractivity contribution is 0.0226. The van der Waals surface area contributed by atoms with Crippen LogP contribution in [-0.2, 0) is 10.2 Å². The summed E-state index contributed by atoms with van der Waals surface area (Å²) in [4.78, 5) is 0. The highest BCUT2D eigenvalue weighted by molar-refractivity contribution is 5.53. The van der Waals surface area contributed by atoms with Crippen molar-refractivity contribution < 1.29 is 24.4 Å². The minimum Gasteiger partial charge on any atom is -0.490 e. The van der Waals surface area contributed by atoms with Crippen molar-refractivity contribution >= 4 is 0 Å². The lowest BCUT2D eigenvalue weighted by atomic mass is 9.64. The molecule has 5 heteroatoms. The molecule has 0 amide bonds. The van der Waals surface area contributed by atoms with Crippen molar-refractivity contribution in [3.63, 3.8) is 0 Å². The van der Waals surface area contributed by atoms with Crippen LogP contribution >= 0.6 is 0 Å². The Labute approximate surface area is 223 Å². The molecule has 2 N–H and O–H groups in total. The fourth-order valence-corrected chi connectivity index (χ4v) is 5.59. The van der Waals surface area contributed by atoms with Gasteiger partial charge < -0.3 is 24.4 Å². The standard InChI is InChI=1S/C32H44O5/c1-7-14-35-19-29(34)21-37-31-24(5)17-27(18-25(31)6)32(12-10-9-11-13-32)26-15-22(3)30(23(4)16-26)36-20-28(33)8-2/h1,15-18,28-29,33-34H,8-14,19-21H2,2-6H3. The van der Waals surface area contributed by atoms with Crippen molar-refractivity contribution in [2.24, 2.45) is 0 Å². The second-order valence-corrected chi connectivity index (χ2v) is 10.6. The molecule has 202 valence electrons. The first kappa shape index (κ1) is 29.0. The first-order valence-electron chi connectivity index (χ1n) is 13.6. The number of benzene rings is 2. The quantitative estimate of drug-likeness (QED) is 0.284. The lowest BCUT2D eigenvalue weighted by Gasteiger charge is -2.40. The van der Waals surface area contributed by atoms with Gasteiger partial charge in [0, 0.05) is 5.41 Å². The van der Waals surface area contributed by atoms with E-state index < -0.39 is 12.2 Å². The molecule has 0 spiro atoms. The normalized spacial score (nSPS) is 16.6. The van der Waals surface area contributed by atoms with Crippen molar-refractivity contribution in [1.29, 1.82) is 0 Å². The van der Waals surface area contributed by atoms with Gasteiger partial charge in [-0.2, -0.15) is 0 Å². The fraction of sp³-hybridized carbons (Fsp3) is 0.562. The molecule has 1 aliphatic carbocycles. The maximum atomic E-state index is 10.2. The predicted molar refractivity (Wildman–Crippen MR) is 149 cm³/mol. The number of aliphatic hydroxyl groups is 2. The van der Waals surface area contributed by atoms with Crippen molar-refractivity contribution in [3.8, 4) is 23.8 Å². The molecule has 1 aliphatic rings. The number of rotatable bonds is 12. The molecule has 0 aromatic heterocycles. The Hall–Kier alpha value is -2.52. The van der Waals surface area contributed by atoms with Crippen molar-refractivity contribution in [3.05, 3.63) is 57.6 Å². The van der Waals surface area contributed by atoms with E-state index in [2.05, 4.69) is 57.9 Å². The van der Waals surface area contributed by atoms with Gasteiger partial charge in [0.2, 0.25) is 0 Å². The topological polar surface area (TPSA) is 68.2 Å². The summed E-state index contributed by atoms with van der Waals surface area (Å²) in [6.07, 6.45) is 10.5. The van der Waals surface area contributed by atoms with Crippen LogP contribution < -0.4 is 9.47 Å². The smallest absolute Gasteiger partial charge is 0.125 e. The van der Waals surface area contributed by atoms with Crippen molar-refractivity contribution in [2.75, 3.05) is 26.4 Å². The summed E-state index contributed by atoms with van der Waals surface area (Å²) in [6, 6.07) is 9.10. The molecule has 1 saturated carbocycles. The van der Waals surface area contributed by atoms with Gasteiger partial charge in [-0.25, -0.2) is 0 Å². The maximum absolute atomic E-state index is 10.2. The number of aliphatic hydroxyl groups excluding tert-OH is 2. The summed E-state index contributed by atoms with van der Waals surface area (Å²) >= 11 is 0. The summed E-state index contributed by atoms with van der Waals surface area (Å²) in [5.74, 6) is 4.10. The van der Waals surface area contributed by atoms with Crippen molar-refractivity contribution in [1.82, 2.24) is 0 Å². The Morgan fingerprint density at radius 2 is 1.24 bits per heavy atom. The van der Waals surface area contributed by atoms with E-state index in [0.29, 0.717) is 13.0 Å². The fourth-order valence-electron chi connectivity index (χ4n) is 5.59. The van der Waals surface area contributed by atoms with Crippen LogP contribution in [0.5, 0.6) is 11.5 Å². The largest absolute Gasteiger partial charge is 0.490 e. The van der Waals surface area contributed by atoms with E-state index in [-0.39, 0.29) is 25.2 Å². The monoisotopic (exact) mass is 508 g/mol. The average Bonchev–Trinajstić information content (AvgIpc) is 2.87. The summed E-state index contributed by atoms with van der Waals surface area (Å²) in [5, 5.41) is 20.2. The summed E-state index contributed by atoms with van der Waals surface area (Å²) < 4.78 is 17.3. The van der Waals surface area contributed by atoms with Crippen LogP contribution in [0.25, 0.3) is 0 Å². The molecule has 37 heavy (non-hydrogen) atoms. The molecular weight excluding hydrogens is 464 g/mol. The van der Waals surface area contributed by atoms with Gasteiger partial charge in [-0.15, -0.1) is 6.42 Å². The molecule has 0 saturated heterocycles. The average molecular weight is 509 g/mol. The zero-order chi connectivity index (χ0) is 27.0. The highest BCUT2D eigenvalue weighted by Crippen LogP contribution is 2.47. The van der Waals surface area contributed by atoms with Crippen LogP contribution in [-0.4, -0.2) is 48.8 Å². The molecular formula is C32H44O5. The van der Waals surface area contributed by atoms with Gasteiger partial charge in [-0.3, -0.25) is 0 Å². The second-order valence-electron chi connectivity index (χ2n) is 10.6. The van der Waals surface area contributed by atoms with Gasteiger partial charge in [0.05, 0.1) is 12.7 Å². The van der Waals surface area contributed by atoms with Gasteiger partial charge >= 0.3 is 0 Å². The SMILES string of the molecule is C#CCOCC(O)COc1c(C)cc(C2(c3cc(C)c(OCC(O)CC)c(C)c3)CCCCC2)cc1C. The van der Waals surface area contributed by atoms with Gasteiger partial charge in [-0.05, 0) is 80.3 Å². The molecule has 2 aromatic rings. The molecule has 2 unspecified atom stereocenters. The van der Waals surface area contributed by atoms with Crippen LogP contribution in [0.4, 0.5) is 0 Å². The Morgan fingerprint density at radius 1 is 0.784 bits per heavy atom. The Bertz CT molecular complexity index is 1030. The second kappa shape index (κ2) is 13.3. The van der Waals surface area contributed by atoms with Gasteiger partial charge in [-0.1, -0.05) is 56.4 Å². The molecule has 0 heterocycles. The highest BCUT2D eigenvalue weighted by atomic mass is 16.5. The van der Waals surface area contributed by atoms with E-state index in [0.717, 1.165) is 46.6 Å². The Balaban J connectivity index is 1.90. The van der Waals surface area contributed by atoms with Crippen molar-refractivity contribution in [2.45, 2.75) is 90.8 Å². The van der Waals surface area contributed by atoms with Crippen LogP contribution in [0.3, 0.4) is 0 Å². The van der Waals surface area contributed by atoms with Gasteiger partial charge in [0.25, 0.3) is 0 Å². The minimum absolute atomic E-state index is 0.0636. The van der Waals surface area contributed by atoms with E-state index in [4.69, 9.17) is 20.6 Å². The third-order valence-corrected chi connectivity index (χ3v) is 7.54. The van der Waals surface area contributed by atoms with Crippen LogP contribution in [0.1, 0.15) is 78.8 Å². The zero-order valence-corrected chi connectivity index (χ0v) is 23.2. The molecule has 3 rings (SSSR count). The Morgan fingerprint density at radius 3 is 1.68 bits per heavy atom. The number of hydrogen-bond acceptors (Lipinski definition) is 5. The van der Waals surface area contributed by atoms with Gasteiger partial charge in [0.1, 0.15) is 37.4 Å². The summed E-state index contributed by atoms with van der Waals surface area (Å²) in [6.45, 7) is 11.1. The third-order valence-electron chi connectivity index (χ3n) is 7.54.